The summed E-state index contributed by atoms with van der Waals surface area (Å²) in [5, 5.41) is 2.64. The molecule has 0 radical (unpaired) electrons. The van der Waals surface area contributed by atoms with Crippen molar-refractivity contribution < 1.29 is 14.3 Å². The quantitative estimate of drug-likeness (QED) is 0.665. The first-order valence-corrected chi connectivity index (χ1v) is 3.98. The Balaban J connectivity index is 2.17. The van der Waals surface area contributed by atoms with E-state index in [-0.39, 0.29) is 17.7 Å². The van der Waals surface area contributed by atoms with Crippen molar-refractivity contribution in [2.24, 2.45) is 5.92 Å². The molecule has 1 fully saturated rings. The second-order valence-corrected chi connectivity index (χ2v) is 3.11. The zero-order chi connectivity index (χ0) is 9.14. The second-order valence-electron chi connectivity index (χ2n) is 3.11. The summed E-state index contributed by atoms with van der Waals surface area (Å²) >= 11 is 0. The van der Waals surface area contributed by atoms with Crippen molar-refractivity contribution in [3.63, 3.8) is 0 Å². The van der Waals surface area contributed by atoms with Crippen LogP contribution in [0.4, 0.5) is 4.79 Å². The van der Waals surface area contributed by atoms with Gasteiger partial charge in [-0.2, -0.15) is 0 Å². The first kappa shape index (κ1) is 9.03. The number of nitrogens with one attached hydrogen (secondary N) is 1. The molecule has 68 valence electrons. The fraction of sp³-hybridized carbons (Fsp3) is 0.750. The van der Waals surface area contributed by atoms with Gasteiger partial charge in [0.2, 0.25) is 0 Å². The molecular formula is C8H13NO3. The van der Waals surface area contributed by atoms with E-state index < -0.39 is 6.09 Å². The Morgan fingerprint density at radius 3 is 2.42 bits per heavy atom. The molecule has 0 atom stereocenters. The Kier molecular flexibility index (Phi) is 2.68. The minimum absolute atomic E-state index is 0.131. The largest absolute Gasteiger partial charge is 0.453 e. The second kappa shape index (κ2) is 3.56. The van der Waals surface area contributed by atoms with Crippen LogP contribution in [-0.4, -0.2) is 25.0 Å². The lowest BCUT2D eigenvalue weighted by molar-refractivity contribution is -0.123. The smallest absolute Gasteiger partial charge is 0.407 e. The van der Waals surface area contributed by atoms with Crippen molar-refractivity contribution in [3.8, 4) is 0 Å². The number of hydrogen-bond donors (Lipinski definition) is 1. The SMILES string of the molecule is COC(=O)N[C@H]1C[C@H](C(C)=O)C1. The molecule has 0 spiro atoms. The van der Waals surface area contributed by atoms with Gasteiger partial charge in [-0.1, -0.05) is 0 Å². The minimum atomic E-state index is -0.415. The summed E-state index contributed by atoms with van der Waals surface area (Å²) in [4.78, 5) is 21.5. The molecule has 12 heavy (non-hydrogen) atoms. The third-order valence-corrected chi connectivity index (χ3v) is 2.22. The van der Waals surface area contributed by atoms with Gasteiger partial charge >= 0.3 is 6.09 Å². The van der Waals surface area contributed by atoms with Crippen molar-refractivity contribution in [2.75, 3.05) is 7.11 Å². The number of rotatable bonds is 2. The lowest BCUT2D eigenvalue weighted by Gasteiger charge is -2.33. The molecule has 4 heteroatoms. The number of methoxy groups -OCH3 is 1. The third-order valence-electron chi connectivity index (χ3n) is 2.22. The molecule has 1 amide bonds. The molecule has 1 aliphatic carbocycles. The highest BCUT2D eigenvalue weighted by molar-refractivity contribution is 5.79. The van der Waals surface area contributed by atoms with Gasteiger partial charge in [0.25, 0.3) is 0 Å². The number of carbonyl (C=O) groups is 2. The molecule has 0 aliphatic heterocycles. The molecule has 0 unspecified atom stereocenters. The Hall–Kier alpha value is -1.06. The van der Waals surface area contributed by atoms with E-state index in [0.717, 1.165) is 12.8 Å². The lowest BCUT2D eigenvalue weighted by atomic mass is 9.78. The first-order chi connectivity index (χ1) is 5.63. The monoisotopic (exact) mass is 171 g/mol. The molecule has 1 rings (SSSR count). The average molecular weight is 171 g/mol. The van der Waals surface area contributed by atoms with Crippen LogP contribution in [0, 0.1) is 5.92 Å². The van der Waals surface area contributed by atoms with E-state index in [2.05, 4.69) is 10.1 Å². The summed E-state index contributed by atoms with van der Waals surface area (Å²) in [7, 11) is 1.33. The summed E-state index contributed by atoms with van der Waals surface area (Å²) in [6.07, 6.45) is 1.09. The van der Waals surface area contributed by atoms with Crippen molar-refractivity contribution >= 4 is 11.9 Å². The summed E-state index contributed by atoms with van der Waals surface area (Å²) in [6.45, 7) is 1.58. The van der Waals surface area contributed by atoms with E-state index >= 15 is 0 Å². The maximum Gasteiger partial charge on any atom is 0.407 e. The molecule has 0 aromatic rings. The topological polar surface area (TPSA) is 55.4 Å². The van der Waals surface area contributed by atoms with Gasteiger partial charge in [0.1, 0.15) is 5.78 Å². The van der Waals surface area contributed by atoms with Gasteiger partial charge in [-0.05, 0) is 19.8 Å². The molecule has 1 N–H and O–H groups in total. The lowest BCUT2D eigenvalue weighted by Crippen LogP contribution is -2.46. The standard InChI is InChI=1S/C8H13NO3/c1-5(10)6-3-7(4-6)9-8(11)12-2/h6-7H,3-4H2,1-2H3,(H,9,11)/t6-,7-. The van der Waals surface area contributed by atoms with E-state index in [0.29, 0.717) is 0 Å². The number of Topliss-reactive ketones (excluding diaryl/α,β-unsaturated/α-hetero) is 1. The van der Waals surface area contributed by atoms with Gasteiger partial charge in [-0.3, -0.25) is 4.79 Å². The number of ether oxygens (including phenoxy) is 1. The zero-order valence-electron chi connectivity index (χ0n) is 7.29. The fourth-order valence-corrected chi connectivity index (χ4v) is 1.29. The average Bonchev–Trinajstić information content (AvgIpc) is 1.94. The number of alkyl carbamates (subject to hydrolysis) is 1. The van der Waals surface area contributed by atoms with Crippen molar-refractivity contribution in [1.29, 1.82) is 0 Å². The Morgan fingerprint density at radius 1 is 1.42 bits per heavy atom. The van der Waals surface area contributed by atoms with Gasteiger partial charge in [0.05, 0.1) is 7.11 Å². The summed E-state index contributed by atoms with van der Waals surface area (Å²) in [5.41, 5.74) is 0. The summed E-state index contributed by atoms with van der Waals surface area (Å²) in [6, 6.07) is 0.131. The van der Waals surface area contributed by atoms with Crippen LogP contribution in [0.1, 0.15) is 19.8 Å². The maximum atomic E-state index is 10.8. The van der Waals surface area contributed by atoms with Crippen LogP contribution in [-0.2, 0) is 9.53 Å². The number of carbonyl (C=O) groups excluding carboxylic acids is 2. The van der Waals surface area contributed by atoms with Crippen molar-refractivity contribution in [3.05, 3.63) is 0 Å². The van der Waals surface area contributed by atoms with Crippen molar-refractivity contribution in [1.82, 2.24) is 5.32 Å². The molecule has 0 heterocycles. The van der Waals surface area contributed by atoms with Crippen LogP contribution in [0.2, 0.25) is 0 Å². The van der Waals surface area contributed by atoms with E-state index in [9.17, 15) is 9.59 Å². The van der Waals surface area contributed by atoms with E-state index in [1.165, 1.54) is 7.11 Å². The van der Waals surface area contributed by atoms with Gasteiger partial charge in [0.15, 0.2) is 0 Å². The van der Waals surface area contributed by atoms with Crippen molar-refractivity contribution in [2.45, 2.75) is 25.8 Å². The first-order valence-electron chi connectivity index (χ1n) is 3.98. The van der Waals surface area contributed by atoms with E-state index in [1.807, 2.05) is 0 Å². The Morgan fingerprint density at radius 2 is 2.00 bits per heavy atom. The molecule has 0 saturated heterocycles. The number of amides is 1. The fourth-order valence-electron chi connectivity index (χ4n) is 1.29. The summed E-state index contributed by atoms with van der Waals surface area (Å²) < 4.78 is 4.42. The maximum absolute atomic E-state index is 10.8. The minimum Gasteiger partial charge on any atom is -0.453 e. The summed E-state index contributed by atoms with van der Waals surface area (Å²) in [5.74, 6) is 0.352. The van der Waals surface area contributed by atoms with Crippen LogP contribution in [0.5, 0.6) is 0 Å². The van der Waals surface area contributed by atoms with Gasteiger partial charge in [-0.25, -0.2) is 4.79 Å². The van der Waals surface area contributed by atoms with Gasteiger partial charge < -0.3 is 10.1 Å². The van der Waals surface area contributed by atoms with Crippen LogP contribution < -0.4 is 5.32 Å². The Labute approximate surface area is 71.3 Å². The van der Waals surface area contributed by atoms with Crippen LogP contribution in [0.25, 0.3) is 0 Å². The zero-order valence-corrected chi connectivity index (χ0v) is 7.29. The number of ketones is 1. The third kappa shape index (κ3) is 1.96. The molecule has 1 saturated carbocycles. The molecule has 1 aliphatic rings. The highest BCUT2D eigenvalue weighted by Gasteiger charge is 2.33. The predicted octanol–water partition coefficient (Wildman–Crippen LogP) is 0.710. The molecule has 0 aromatic carbocycles. The molecular weight excluding hydrogens is 158 g/mol. The highest BCUT2D eigenvalue weighted by atomic mass is 16.5. The van der Waals surface area contributed by atoms with Gasteiger partial charge in [0, 0.05) is 12.0 Å². The van der Waals surface area contributed by atoms with E-state index in [4.69, 9.17) is 0 Å². The molecule has 0 aromatic heterocycles. The van der Waals surface area contributed by atoms with Crippen LogP contribution in [0.3, 0.4) is 0 Å². The molecule has 4 nitrogen and oxygen atoms in total. The Bertz CT molecular complexity index is 196. The normalized spacial score (nSPS) is 27.2. The predicted molar refractivity (Wildman–Crippen MR) is 42.7 cm³/mol. The number of hydrogen-bond acceptors (Lipinski definition) is 3. The van der Waals surface area contributed by atoms with Gasteiger partial charge in [-0.15, -0.1) is 0 Å². The van der Waals surface area contributed by atoms with Crippen LogP contribution >= 0.6 is 0 Å². The highest BCUT2D eigenvalue weighted by Crippen LogP contribution is 2.27. The van der Waals surface area contributed by atoms with Crippen LogP contribution in [0.15, 0.2) is 0 Å². The van der Waals surface area contributed by atoms with E-state index in [1.54, 1.807) is 6.92 Å². The molecule has 0 bridgehead atoms.